The van der Waals surface area contributed by atoms with Gasteiger partial charge in [-0.1, -0.05) is 12.1 Å². The average Bonchev–Trinajstić information content (AvgIpc) is 2.56. The van der Waals surface area contributed by atoms with Gasteiger partial charge in [0.15, 0.2) is 0 Å². The van der Waals surface area contributed by atoms with Crippen molar-refractivity contribution >= 4 is 11.6 Å². The van der Waals surface area contributed by atoms with Crippen molar-refractivity contribution in [2.75, 3.05) is 38.1 Å². The molecule has 0 saturated carbocycles. The normalized spacial score (nSPS) is 15.8. The summed E-state index contributed by atoms with van der Waals surface area (Å²) in [6.45, 7) is 4.24. The maximum Gasteiger partial charge on any atom is 0.250 e. The highest BCUT2D eigenvalue weighted by molar-refractivity contribution is 5.99. The largest absolute Gasteiger partial charge is 0.369 e. The van der Waals surface area contributed by atoms with E-state index in [1.54, 1.807) is 6.20 Å². The average molecular weight is 296 g/mol. The van der Waals surface area contributed by atoms with Crippen LogP contribution in [0.2, 0.25) is 0 Å². The third-order valence-corrected chi connectivity index (χ3v) is 4.13. The molecule has 1 amide bonds. The number of nitrogens with two attached hydrogens (primary N) is 1. The first-order valence-electron chi connectivity index (χ1n) is 7.43. The molecule has 1 aromatic heterocycles. The second-order valence-electron chi connectivity index (χ2n) is 5.62. The molecule has 22 heavy (non-hydrogen) atoms. The molecular formula is C17H20N4O. The summed E-state index contributed by atoms with van der Waals surface area (Å²) in [5.74, 6) is -0.453. The van der Waals surface area contributed by atoms with Crippen LogP contribution in [0, 0.1) is 0 Å². The van der Waals surface area contributed by atoms with Gasteiger partial charge in [0.25, 0.3) is 5.91 Å². The number of hydrogen-bond donors (Lipinski definition) is 1. The molecule has 5 heteroatoms. The van der Waals surface area contributed by atoms with E-state index in [0.29, 0.717) is 5.56 Å². The van der Waals surface area contributed by atoms with Crippen LogP contribution in [0.25, 0.3) is 11.1 Å². The smallest absolute Gasteiger partial charge is 0.250 e. The van der Waals surface area contributed by atoms with Crippen LogP contribution in [0.1, 0.15) is 10.4 Å². The molecule has 1 fully saturated rings. The quantitative estimate of drug-likeness (QED) is 0.934. The monoisotopic (exact) mass is 296 g/mol. The standard InChI is InChI=1S/C17H20N4O/c1-20-8-10-21(11-9-20)14-4-2-13(3-5-14)15-6-7-19-12-16(15)17(18)22/h2-7,12H,8-11H2,1H3,(H2,18,22). The van der Waals surface area contributed by atoms with E-state index in [-0.39, 0.29) is 0 Å². The predicted octanol–water partition coefficient (Wildman–Crippen LogP) is 1.60. The van der Waals surface area contributed by atoms with Crippen molar-refractivity contribution in [2.24, 2.45) is 5.73 Å². The van der Waals surface area contributed by atoms with Crippen molar-refractivity contribution in [1.82, 2.24) is 9.88 Å². The van der Waals surface area contributed by atoms with Crippen molar-refractivity contribution in [1.29, 1.82) is 0 Å². The Morgan fingerprint density at radius 3 is 2.41 bits per heavy atom. The van der Waals surface area contributed by atoms with Crippen molar-refractivity contribution < 1.29 is 4.79 Å². The Morgan fingerprint density at radius 1 is 1.09 bits per heavy atom. The molecule has 0 unspecified atom stereocenters. The highest BCUT2D eigenvalue weighted by Gasteiger charge is 2.15. The number of carbonyl (C=O) groups excluding carboxylic acids is 1. The van der Waals surface area contributed by atoms with Crippen LogP contribution < -0.4 is 10.6 Å². The van der Waals surface area contributed by atoms with Gasteiger partial charge >= 0.3 is 0 Å². The molecule has 3 rings (SSSR count). The fourth-order valence-corrected chi connectivity index (χ4v) is 2.76. The van der Waals surface area contributed by atoms with Crippen LogP contribution in [0.3, 0.4) is 0 Å². The first kappa shape index (κ1) is 14.5. The Labute approximate surface area is 130 Å². The molecule has 5 nitrogen and oxygen atoms in total. The molecule has 2 heterocycles. The Hall–Kier alpha value is -2.40. The van der Waals surface area contributed by atoms with Crippen LogP contribution in [0.4, 0.5) is 5.69 Å². The lowest BCUT2D eigenvalue weighted by Crippen LogP contribution is -2.44. The molecule has 2 N–H and O–H groups in total. The molecule has 1 aromatic carbocycles. The van der Waals surface area contributed by atoms with E-state index in [4.69, 9.17) is 5.73 Å². The van der Waals surface area contributed by atoms with Gasteiger partial charge in [-0.3, -0.25) is 9.78 Å². The number of anilines is 1. The van der Waals surface area contributed by atoms with E-state index < -0.39 is 5.91 Å². The number of carbonyl (C=O) groups is 1. The number of benzene rings is 1. The number of amides is 1. The third kappa shape index (κ3) is 2.94. The van der Waals surface area contributed by atoms with Crippen molar-refractivity contribution in [3.05, 3.63) is 48.3 Å². The molecule has 0 atom stereocenters. The zero-order valence-electron chi connectivity index (χ0n) is 12.7. The molecule has 1 saturated heterocycles. The summed E-state index contributed by atoms with van der Waals surface area (Å²) < 4.78 is 0. The van der Waals surface area contributed by atoms with E-state index in [1.807, 2.05) is 18.2 Å². The Morgan fingerprint density at radius 2 is 1.77 bits per heavy atom. The van der Waals surface area contributed by atoms with Crippen LogP contribution in [0.15, 0.2) is 42.7 Å². The van der Waals surface area contributed by atoms with E-state index in [0.717, 1.165) is 37.3 Å². The summed E-state index contributed by atoms with van der Waals surface area (Å²) >= 11 is 0. The number of hydrogen-bond acceptors (Lipinski definition) is 4. The summed E-state index contributed by atoms with van der Waals surface area (Å²) in [5.41, 5.74) is 8.89. The van der Waals surface area contributed by atoms with Gasteiger partial charge in [-0.05, 0) is 36.4 Å². The molecule has 114 valence electrons. The summed E-state index contributed by atoms with van der Waals surface area (Å²) in [6, 6.07) is 10.1. The van der Waals surface area contributed by atoms with Crippen LogP contribution in [-0.2, 0) is 0 Å². The minimum Gasteiger partial charge on any atom is -0.369 e. The van der Waals surface area contributed by atoms with Gasteiger partial charge < -0.3 is 15.5 Å². The van der Waals surface area contributed by atoms with Gasteiger partial charge in [0, 0.05) is 44.3 Å². The Kier molecular flexibility index (Phi) is 4.06. The van der Waals surface area contributed by atoms with Gasteiger partial charge in [0.05, 0.1) is 5.56 Å². The number of likely N-dealkylation sites (N-methyl/N-ethyl adjacent to an activating group) is 1. The fraction of sp³-hybridized carbons (Fsp3) is 0.294. The first-order valence-corrected chi connectivity index (χ1v) is 7.43. The number of aromatic nitrogens is 1. The molecule has 1 aliphatic heterocycles. The lowest BCUT2D eigenvalue weighted by molar-refractivity contribution is 0.100. The zero-order valence-corrected chi connectivity index (χ0v) is 12.7. The van der Waals surface area contributed by atoms with E-state index in [1.165, 1.54) is 11.9 Å². The summed E-state index contributed by atoms with van der Waals surface area (Å²) in [6.07, 6.45) is 3.20. The molecule has 0 spiro atoms. The second-order valence-corrected chi connectivity index (χ2v) is 5.62. The number of piperazine rings is 1. The van der Waals surface area contributed by atoms with Crippen molar-refractivity contribution in [3.63, 3.8) is 0 Å². The summed E-state index contributed by atoms with van der Waals surface area (Å²) in [5, 5.41) is 0. The van der Waals surface area contributed by atoms with Gasteiger partial charge in [-0.15, -0.1) is 0 Å². The Balaban J connectivity index is 1.84. The maximum atomic E-state index is 11.5. The highest BCUT2D eigenvalue weighted by atomic mass is 16.1. The van der Waals surface area contributed by atoms with Crippen molar-refractivity contribution in [2.45, 2.75) is 0 Å². The van der Waals surface area contributed by atoms with E-state index >= 15 is 0 Å². The molecule has 0 radical (unpaired) electrons. The lowest BCUT2D eigenvalue weighted by atomic mass is 10.0. The predicted molar refractivity (Wildman–Crippen MR) is 87.9 cm³/mol. The minimum atomic E-state index is -0.453. The molecule has 2 aromatic rings. The second kappa shape index (κ2) is 6.15. The molecular weight excluding hydrogens is 276 g/mol. The SMILES string of the molecule is CN1CCN(c2ccc(-c3ccncc3C(N)=O)cc2)CC1. The number of rotatable bonds is 3. The lowest BCUT2D eigenvalue weighted by Gasteiger charge is -2.34. The van der Waals surface area contributed by atoms with Crippen LogP contribution in [0.5, 0.6) is 0 Å². The van der Waals surface area contributed by atoms with Gasteiger partial charge in [0.1, 0.15) is 0 Å². The summed E-state index contributed by atoms with van der Waals surface area (Å²) in [4.78, 5) is 20.2. The number of pyridine rings is 1. The van der Waals surface area contributed by atoms with Gasteiger partial charge in [-0.25, -0.2) is 0 Å². The molecule has 0 aliphatic carbocycles. The third-order valence-electron chi connectivity index (χ3n) is 4.13. The number of primary amides is 1. The Bertz CT molecular complexity index is 661. The molecule has 1 aliphatic rings. The fourth-order valence-electron chi connectivity index (χ4n) is 2.76. The molecule has 0 bridgehead atoms. The van der Waals surface area contributed by atoms with Crippen LogP contribution in [-0.4, -0.2) is 49.0 Å². The first-order chi connectivity index (χ1) is 10.6. The zero-order chi connectivity index (χ0) is 15.5. The van der Waals surface area contributed by atoms with Crippen molar-refractivity contribution in [3.8, 4) is 11.1 Å². The highest BCUT2D eigenvalue weighted by Crippen LogP contribution is 2.26. The number of nitrogens with zero attached hydrogens (tertiary/aromatic N) is 3. The topological polar surface area (TPSA) is 62.5 Å². The minimum absolute atomic E-state index is 0.453. The van der Waals surface area contributed by atoms with E-state index in [2.05, 4.69) is 34.0 Å². The van der Waals surface area contributed by atoms with Crippen LogP contribution >= 0.6 is 0 Å². The van der Waals surface area contributed by atoms with Gasteiger partial charge in [-0.2, -0.15) is 0 Å². The maximum absolute atomic E-state index is 11.5. The van der Waals surface area contributed by atoms with E-state index in [9.17, 15) is 4.79 Å². The van der Waals surface area contributed by atoms with Gasteiger partial charge in [0.2, 0.25) is 0 Å². The summed E-state index contributed by atoms with van der Waals surface area (Å²) in [7, 11) is 2.15.